The van der Waals surface area contributed by atoms with E-state index in [1.807, 2.05) is 0 Å². The molecule has 0 heterocycles. The maximum absolute atomic E-state index is 5.88. The van der Waals surface area contributed by atoms with Gasteiger partial charge in [0.15, 0.2) is 0 Å². The zero-order valence-electron chi connectivity index (χ0n) is 9.94. The van der Waals surface area contributed by atoms with Gasteiger partial charge in [0.25, 0.3) is 0 Å². The molecular formula is C14H20ClN. The molecule has 0 radical (unpaired) electrons. The molecule has 1 aliphatic carbocycles. The summed E-state index contributed by atoms with van der Waals surface area (Å²) in [5, 5.41) is 0. The molecule has 0 saturated heterocycles. The number of fused-ring (bicyclic) bond motifs is 1. The van der Waals surface area contributed by atoms with Crippen molar-refractivity contribution in [3.05, 3.63) is 41.5 Å². The van der Waals surface area contributed by atoms with Crippen LogP contribution in [0, 0.1) is 0 Å². The molecule has 2 atom stereocenters. The van der Waals surface area contributed by atoms with E-state index in [1.165, 1.54) is 23.1 Å². The van der Waals surface area contributed by atoms with Gasteiger partial charge in [-0.1, -0.05) is 37.3 Å². The maximum atomic E-state index is 5.88. The van der Waals surface area contributed by atoms with E-state index < -0.39 is 0 Å². The molecule has 16 heavy (non-hydrogen) atoms. The highest BCUT2D eigenvalue weighted by Crippen LogP contribution is 2.39. The van der Waals surface area contributed by atoms with Crippen molar-refractivity contribution in [1.29, 1.82) is 0 Å². The lowest BCUT2D eigenvalue weighted by Crippen LogP contribution is -2.14. The van der Waals surface area contributed by atoms with E-state index in [4.69, 9.17) is 5.73 Å². The fourth-order valence-electron chi connectivity index (χ4n) is 2.40. The Bertz CT molecular complexity index is 382. The Hall–Kier alpha value is -0.790. The fraction of sp³-hybridized carbons (Fsp3) is 0.429. The second kappa shape index (κ2) is 5.51. The van der Waals surface area contributed by atoms with E-state index in [1.54, 1.807) is 0 Å². The average Bonchev–Trinajstić information content (AvgIpc) is 2.56. The van der Waals surface area contributed by atoms with Crippen molar-refractivity contribution in [2.75, 3.05) is 0 Å². The first-order valence-electron chi connectivity index (χ1n) is 5.78. The Labute approximate surface area is 104 Å². The van der Waals surface area contributed by atoms with Crippen molar-refractivity contribution in [3.8, 4) is 0 Å². The molecule has 2 rings (SSSR count). The summed E-state index contributed by atoms with van der Waals surface area (Å²) < 4.78 is 0. The van der Waals surface area contributed by atoms with Gasteiger partial charge in [-0.05, 0) is 36.5 Å². The lowest BCUT2D eigenvalue weighted by atomic mass is 9.97. The van der Waals surface area contributed by atoms with Gasteiger partial charge in [0.2, 0.25) is 0 Å². The highest BCUT2D eigenvalue weighted by molar-refractivity contribution is 5.85. The zero-order valence-corrected chi connectivity index (χ0v) is 10.8. The molecule has 0 saturated carbocycles. The third-order valence-corrected chi connectivity index (χ3v) is 3.09. The smallest absolute Gasteiger partial charge is 0.00510 e. The van der Waals surface area contributed by atoms with Crippen LogP contribution in [0.3, 0.4) is 0 Å². The van der Waals surface area contributed by atoms with Crippen LogP contribution in [0.2, 0.25) is 0 Å². The molecule has 0 fully saturated rings. The van der Waals surface area contributed by atoms with E-state index in [2.05, 4.69) is 44.2 Å². The van der Waals surface area contributed by atoms with E-state index in [0.29, 0.717) is 5.92 Å². The molecule has 0 aliphatic heterocycles. The van der Waals surface area contributed by atoms with Gasteiger partial charge in [-0.15, -0.1) is 12.4 Å². The highest BCUT2D eigenvalue weighted by atomic mass is 35.5. The molecule has 2 heteroatoms. The Kier molecular flexibility index (Phi) is 4.57. The number of allylic oxidation sites excluding steroid dienone is 1. The van der Waals surface area contributed by atoms with Crippen molar-refractivity contribution in [3.63, 3.8) is 0 Å². The van der Waals surface area contributed by atoms with Gasteiger partial charge in [0.05, 0.1) is 0 Å². The molecule has 2 unspecified atom stereocenters. The Morgan fingerprint density at radius 1 is 1.31 bits per heavy atom. The molecule has 0 bridgehead atoms. The zero-order chi connectivity index (χ0) is 10.8. The quantitative estimate of drug-likeness (QED) is 0.852. The lowest BCUT2D eigenvalue weighted by molar-refractivity contribution is 0.766. The number of benzene rings is 1. The van der Waals surface area contributed by atoms with Crippen molar-refractivity contribution >= 4 is 18.0 Å². The predicted molar refractivity (Wildman–Crippen MR) is 73.0 cm³/mol. The van der Waals surface area contributed by atoms with Gasteiger partial charge in [0, 0.05) is 12.0 Å². The van der Waals surface area contributed by atoms with Crippen LogP contribution in [0.4, 0.5) is 0 Å². The Morgan fingerprint density at radius 3 is 2.62 bits per heavy atom. The molecule has 0 aromatic heterocycles. The minimum atomic E-state index is 0. The molecular weight excluding hydrogens is 218 g/mol. The predicted octanol–water partition coefficient (Wildman–Crippen LogP) is 3.74. The van der Waals surface area contributed by atoms with Crippen LogP contribution in [-0.2, 0) is 0 Å². The number of halogens is 1. The number of hydrogen-bond donors (Lipinski definition) is 1. The second-order valence-corrected chi connectivity index (χ2v) is 4.48. The summed E-state index contributed by atoms with van der Waals surface area (Å²) in [6.07, 6.45) is 4.57. The van der Waals surface area contributed by atoms with Crippen LogP contribution in [-0.4, -0.2) is 6.04 Å². The summed E-state index contributed by atoms with van der Waals surface area (Å²) in [7, 11) is 0. The van der Waals surface area contributed by atoms with Crippen molar-refractivity contribution < 1.29 is 0 Å². The number of rotatable bonds is 3. The van der Waals surface area contributed by atoms with Crippen molar-refractivity contribution in [1.82, 2.24) is 0 Å². The van der Waals surface area contributed by atoms with E-state index >= 15 is 0 Å². The van der Waals surface area contributed by atoms with Gasteiger partial charge >= 0.3 is 0 Å². The summed E-state index contributed by atoms with van der Waals surface area (Å²) in [6.45, 7) is 4.31. The molecule has 1 aromatic rings. The van der Waals surface area contributed by atoms with Gasteiger partial charge in [-0.3, -0.25) is 0 Å². The van der Waals surface area contributed by atoms with Gasteiger partial charge in [-0.25, -0.2) is 0 Å². The van der Waals surface area contributed by atoms with Crippen LogP contribution in [0.15, 0.2) is 30.3 Å². The minimum absolute atomic E-state index is 0. The lowest BCUT2D eigenvalue weighted by Gasteiger charge is -2.08. The first-order valence-corrected chi connectivity index (χ1v) is 5.78. The molecule has 0 amide bonds. The van der Waals surface area contributed by atoms with Crippen molar-refractivity contribution in [2.24, 2.45) is 5.73 Å². The van der Waals surface area contributed by atoms with Crippen LogP contribution >= 0.6 is 12.4 Å². The third kappa shape index (κ3) is 2.47. The average molecular weight is 238 g/mol. The summed E-state index contributed by atoms with van der Waals surface area (Å²) in [6, 6.07) is 8.96. The summed E-state index contributed by atoms with van der Waals surface area (Å²) in [4.78, 5) is 0. The first kappa shape index (κ1) is 13.3. The van der Waals surface area contributed by atoms with Crippen LogP contribution in [0.5, 0.6) is 0 Å². The second-order valence-electron chi connectivity index (χ2n) is 4.48. The number of hydrogen-bond acceptors (Lipinski definition) is 1. The summed E-state index contributed by atoms with van der Waals surface area (Å²) >= 11 is 0. The van der Waals surface area contributed by atoms with Crippen molar-refractivity contribution in [2.45, 2.75) is 38.6 Å². The van der Waals surface area contributed by atoms with Crippen LogP contribution in [0.1, 0.15) is 43.7 Å². The van der Waals surface area contributed by atoms with Gasteiger partial charge in [0.1, 0.15) is 0 Å². The third-order valence-electron chi connectivity index (χ3n) is 3.09. The van der Waals surface area contributed by atoms with Gasteiger partial charge in [-0.2, -0.15) is 0 Å². The summed E-state index contributed by atoms with van der Waals surface area (Å²) in [5.41, 5.74) is 10.2. The molecule has 1 aliphatic rings. The van der Waals surface area contributed by atoms with E-state index in [0.717, 1.165) is 6.42 Å². The molecule has 88 valence electrons. The minimum Gasteiger partial charge on any atom is -0.328 e. The van der Waals surface area contributed by atoms with E-state index in [9.17, 15) is 0 Å². The Balaban J connectivity index is 0.00000128. The number of nitrogens with two attached hydrogens (primary N) is 1. The SMILES string of the molecule is CCC1C=C(CC(C)N)c2ccccc21.Cl. The molecule has 0 spiro atoms. The van der Waals surface area contributed by atoms with E-state index in [-0.39, 0.29) is 18.4 Å². The van der Waals surface area contributed by atoms with Crippen LogP contribution < -0.4 is 5.73 Å². The first-order chi connectivity index (χ1) is 7.22. The fourth-order valence-corrected chi connectivity index (χ4v) is 2.40. The molecule has 1 aromatic carbocycles. The van der Waals surface area contributed by atoms with Gasteiger partial charge < -0.3 is 5.73 Å². The molecule has 1 nitrogen and oxygen atoms in total. The maximum Gasteiger partial charge on any atom is 0.00510 e. The largest absolute Gasteiger partial charge is 0.328 e. The normalized spacial score (nSPS) is 19.7. The highest BCUT2D eigenvalue weighted by Gasteiger charge is 2.21. The Morgan fingerprint density at radius 2 is 2.00 bits per heavy atom. The summed E-state index contributed by atoms with van der Waals surface area (Å²) in [5.74, 6) is 0.606. The monoisotopic (exact) mass is 237 g/mol. The standard InChI is InChI=1S/C14H19N.ClH/c1-3-11-9-12(8-10(2)15)14-7-5-4-6-13(11)14;/h4-7,9-11H,3,8,15H2,1-2H3;1H. The molecule has 2 N–H and O–H groups in total. The topological polar surface area (TPSA) is 26.0 Å². The van der Waals surface area contributed by atoms with Crippen LogP contribution in [0.25, 0.3) is 5.57 Å².